The van der Waals surface area contributed by atoms with Crippen molar-refractivity contribution >= 4 is 17.7 Å². The molecule has 110 valence electrons. The van der Waals surface area contributed by atoms with E-state index in [4.69, 9.17) is 9.84 Å². The van der Waals surface area contributed by atoms with Gasteiger partial charge < -0.3 is 20.1 Å². The van der Waals surface area contributed by atoms with E-state index in [1.165, 1.54) is 26.3 Å². The van der Waals surface area contributed by atoms with Crippen molar-refractivity contribution in [2.45, 2.75) is 19.4 Å². The molecule has 0 fully saturated rings. The van der Waals surface area contributed by atoms with Crippen molar-refractivity contribution in [2.24, 2.45) is 0 Å². The molecule has 0 aliphatic heterocycles. The molecule has 0 radical (unpaired) electrons. The molecule has 0 saturated heterocycles. The molecule has 0 aromatic heterocycles. The highest BCUT2D eigenvalue weighted by molar-refractivity contribution is 5.92. The molecule has 0 spiro atoms. The number of carboxylic acid groups (broad SMARTS) is 1. The third-order valence-corrected chi connectivity index (χ3v) is 2.87. The van der Waals surface area contributed by atoms with Crippen LogP contribution in [-0.2, 0) is 4.79 Å². The van der Waals surface area contributed by atoms with Gasteiger partial charge >= 0.3 is 12.0 Å². The zero-order valence-corrected chi connectivity index (χ0v) is 11.5. The van der Waals surface area contributed by atoms with Crippen LogP contribution in [0.5, 0.6) is 5.75 Å². The summed E-state index contributed by atoms with van der Waals surface area (Å²) < 4.78 is 18.5. The van der Waals surface area contributed by atoms with Gasteiger partial charge in [0.2, 0.25) is 0 Å². The van der Waals surface area contributed by atoms with E-state index in [2.05, 4.69) is 5.32 Å². The van der Waals surface area contributed by atoms with Crippen LogP contribution in [0, 0.1) is 5.82 Å². The van der Waals surface area contributed by atoms with E-state index in [0.29, 0.717) is 5.75 Å². The summed E-state index contributed by atoms with van der Waals surface area (Å²) in [5, 5.41) is 11.3. The van der Waals surface area contributed by atoms with E-state index in [0.717, 1.165) is 11.0 Å². The van der Waals surface area contributed by atoms with Gasteiger partial charge in [-0.1, -0.05) is 6.92 Å². The number of amides is 2. The zero-order chi connectivity index (χ0) is 15.3. The lowest BCUT2D eigenvalue weighted by molar-refractivity contribution is -0.141. The molecule has 0 bridgehead atoms. The summed E-state index contributed by atoms with van der Waals surface area (Å²) in [6, 6.07) is 2.22. The third kappa shape index (κ3) is 3.59. The minimum atomic E-state index is -1.11. The number of carbonyl (C=O) groups is 2. The van der Waals surface area contributed by atoms with Crippen molar-refractivity contribution in [3.8, 4) is 5.75 Å². The fourth-order valence-electron chi connectivity index (χ4n) is 1.69. The number of rotatable bonds is 5. The van der Waals surface area contributed by atoms with Crippen LogP contribution < -0.4 is 10.1 Å². The Bertz CT molecular complexity index is 507. The Labute approximate surface area is 116 Å². The van der Waals surface area contributed by atoms with Crippen LogP contribution in [0.1, 0.15) is 13.3 Å². The van der Waals surface area contributed by atoms with Crippen LogP contribution in [0.3, 0.4) is 0 Å². The summed E-state index contributed by atoms with van der Waals surface area (Å²) >= 11 is 0. The first-order valence-corrected chi connectivity index (χ1v) is 6.00. The summed E-state index contributed by atoms with van der Waals surface area (Å²) in [6.45, 7) is 1.65. The standard InChI is InChI=1S/C13H17FN2O4/c1-4-11(12(17)18)16(2)13(19)15-10-7-8(20-3)5-6-9(10)14/h5-7,11H,4H2,1-3H3,(H,15,19)(H,17,18). The quantitative estimate of drug-likeness (QED) is 0.868. The second-order valence-corrected chi connectivity index (χ2v) is 4.15. The summed E-state index contributed by atoms with van der Waals surface area (Å²) in [5.74, 6) is -1.36. The molecule has 6 nitrogen and oxygen atoms in total. The molecule has 1 atom stereocenters. The number of nitrogens with one attached hydrogen (secondary N) is 1. The van der Waals surface area contributed by atoms with Crippen LogP contribution in [0.25, 0.3) is 0 Å². The average Bonchev–Trinajstić information content (AvgIpc) is 2.41. The number of hydrogen-bond acceptors (Lipinski definition) is 3. The predicted molar refractivity (Wildman–Crippen MR) is 71.4 cm³/mol. The number of benzene rings is 1. The number of methoxy groups -OCH3 is 1. The molecule has 2 amide bonds. The highest BCUT2D eigenvalue weighted by atomic mass is 19.1. The van der Waals surface area contributed by atoms with Crippen LogP contribution in [0.2, 0.25) is 0 Å². The van der Waals surface area contributed by atoms with Gasteiger partial charge in [0.15, 0.2) is 0 Å². The van der Waals surface area contributed by atoms with E-state index in [1.807, 2.05) is 0 Å². The van der Waals surface area contributed by atoms with E-state index in [1.54, 1.807) is 6.92 Å². The Morgan fingerprint density at radius 3 is 2.65 bits per heavy atom. The topological polar surface area (TPSA) is 78.9 Å². The van der Waals surface area contributed by atoms with Gasteiger partial charge in [0, 0.05) is 13.1 Å². The molecule has 0 saturated carbocycles. The smallest absolute Gasteiger partial charge is 0.326 e. The SMILES string of the molecule is CCC(C(=O)O)N(C)C(=O)Nc1cc(OC)ccc1F. The third-order valence-electron chi connectivity index (χ3n) is 2.87. The number of aliphatic carboxylic acids is 1. The maximum absolute atomic E-state index is 13.6. The molecule has 0 aliphatic rings. The van der Waals surface area contributed by atoms with Crippen molar-refractivity contribution < 1.29 is 23.8 Å². The number of halogens is 1. The molecule has 1 unspecified atom stereocenters. The predicted octanol–water partition coefficient (Wildman–Crippen LogP) is 2.16. The van der Waals surface area contributed by atoms with Gasteiger partial charge in [0.1, 0.15) is 17.6 Å². The largest absolute Gasteiger partial charge is 0.497 e. The van der Waals surface area contributed by atoms with Crippen molar-refractivity contribution in [1.29, 1.82) is 0 Å². The first-order chi connectivity index (χ1) is 9.40. The van der Waals surface area contributed by atoms with Gasteiger partial charge in [-0.25, -0.2) is 14.0 Å². The Hall–Kier alpha value is -2.31. The first kappa shape index (κ1) is 15.7. The van der Waals surface area contributed by atoms with Crippen LogP contribution in [0.4, 0.5) is 14.9 Å². The van der Waals surface area contributed by atoms with Crippen molar-refractivity contribution in [1.82, 2.24) is 4.90 Å². The molecule has 20 heavy (non-hydrogen) atoms. The van der Waals surface area contributed by atoms with Crippen molar-refractivity contribution in [3.05, 3.63) is 24.0 Å². The molecule has 0 heterocycles. The van der Waals surface area contributed by atoms with Gasteiger partial charge in [0.05, 0.1) is 12.8 Å². The average molecular weight is 284 g/mol. The molecule has 1 aromatic carbocycles. The fourth-order valence-corrected chi connectivity index (χ4v) is 1.69. The van der Waals surface area contributed by atoms with Gasteiger partial charge in [-0.3, -0.25) is 0 Å². The number of carbonyl (C=O) groups excluding carboxylic acids is 1. The normalized spacial score (nSPS) is 11.6. The highest BCUT2D eigenvalue weighted by Gasteiger charge is 2.25. The highest BCUT2D eigenvalue weighted by Crippen LogP contribution is 2.21. The van der Waals surface area contributed by atoms with Gasteiger partial charge in [-0.2, -0.15) is 0 Å². The number of hydrogen-bond donors (Lipinski definition) is 2. The Morgan fingerprint density at radius 1 is 1.50 bits per heavy atom. The van der Waals surface area contributed by atoms with E-state index >= 15 is 0 Å². The Balaban J connectivity index is 2.87. The summed E-state index contributed by atoms with van der Waals surface area (Å²) in [6.07, 6.45) is 0.250. The molecular weight excluding hydrogens is 267 g/mol. The number of carboxylic acids is 1. The molecule has 0 aliphatic carbocycles. The molecular formula is C13H17FN2O4. The number of anilines is 1. The zero-order valence-electron chi connectivity index (χ0n) is 11.5. The first-order valence-electron chi connectivity index (χ1n) is 6.00. The van der Waals surface area contributed by atoms with Gasteiger partial charge in [-0.15, -0.1) is 0 Å². The van der Waals surface area contributed by atoms with E-state index in [9.17, 15) is 14.0 Å². The minimum Gasteiger partial charge on any atom is -0.497 e. The lowest BCUT2D eigenvalue weighted by atomic mass is 10.2. The minimum absolute atomic E-state index is 0.0681. The van der Waals surface area contributed by atoms with Gasteiger partial charge in [0.25, 0.3) is 0 Å². The molecule has 1 rings (SSSR count). The number of likely N-dealkylation sites (N-methyl/N-ethyl adjacent to an activating group) is 1. The van der Waals surface area contributed by atoms with E-state index < -0.39 is 23.9 Å². The second-order valence-electron chi connectivity index (χ2n) is 4.15. The lowest BCUT2D eigenvalue weighted by Crippen LogP contribution is -2.44. The monoisotopic (exact) mass is 284 g/mol. The maximum atomic E-state index is 13.6. The number of ether oxygens (including phenoxy) is 1. The molecule has 7 heteroatoms. The summed E-state index contributed by atoms with van der Waals surface area (Å²) in [7, 11) is 2.76. The Kier molecular flexibility index (Phi) is 5.31. The maximum Gasteiger partial charge on any atom is 0.326 e. The fraction of sp³-hybridized carbons (Fsp3) is 0.385. The van der Waals surface area contributed by atoms with Crippen LogP contribution >= 0.6 is 0 Å². The number of urea groups is 1. The lowest BCUT2D eigenvalue weighted by Gasteiger charge is -2.24. The van der Waals surface area contributed by atoms with E-state index in [-0.39, 0.29) is 12.1 Å². The molecule has 1 aromatic rings. The second kappa shape index (κ2) is 6.74. The van der Waals surface area contributed by atoms with Crippen LogP contribution in [0.15, 0.2) is 18.2 Å². The van der Waals surface area contributed by atoms with Crippen molar-refractivity contribution in [3.63, 3.8) is 0 Å². The number of nitrogens with zero attached hydrogens (tertiary/aromatic N) is 1. The summed E-state index contributed by atoms with van der Waals surface area (Å²) in [5.41, 5.74) is -0.0681. The Morgan fingerprint density at radius 2 is 2.15 bits per heavy atom. The van der Waals surface area contributed by atoms with Crippen LogP contribution in [-0.4, -0.2) is 42.2 Å². The van der Waals surface area contributed by atoms with Gasteiger partial charge in [-0.05, 0) is 18.6 Å². The summed E-state index contributed by atoms with van der Waals surface area (Å²) in [4.78, 5) is 23.9. The van der Waals surface area contributed by atoms with Crippen molar-refractivity contribution in [2.75, 3.05) is 19.5 Å². The molecule has 2 N–H and O–H groups in total.